The number of para-hydroxylation sites is 1. The van der Waals surface area contributed by atoms with Crippen LogP contribution in [0.5, 0.6) is 11.5 Å². The molecule has 1 aromatic heterocycles. The molecule has 2 heterocycles. The van der Waals surface area contributed by atoms with E-state index in [4.69, 9.17) is 32.7 Å². The van der Waals surface area contributed by atoms with E-state index in [1.54, 1.807) is 43.7 Å². The average molecular weight is 596 g/mol. The van der Waals surface area contributed by atoms with Crippen molar-refractivity contribution in [2.45, 2.75) is 25.9 Å². The highest BCUT2D eigenvalue weighted by molar-refractivity contribution is 6.35. The van der Waals surface area contributed by atoms with Crippen molar-refractivity contribution in [3.8, 4) is 11.5 Å². The number of piperidine rings is 1. The number of nitrogens with one attached hydrogen (secondary N) is 2. The summed E-state index contributed by atoms with van der Waals surface area (Å²) in [5.74, 6) is 1.81. The monoisotopic (exact) mass is 595 g/mol. The first-order chi connectivity index (χ1) is 20.0. The first-order valence-corrected chi connectivity index (χ1v) is 13.8. The zero-order valence-electron chi connectivity index (χ0n) is 22.3. The molecule has 1 aliphatic rings. The summed E-state index contributed by atoms with van der Waals surface area (Å²) in [5, 5.41) is 8.55. The summed E-state index contributed by atoms with van der Waals surface area (Å²) in [6, 6.07) is 16.7. The molecule has 4 aromatic rings. The van der Waals surface area contributed by atoms with Gasteiger partial charge in [0.2, 0.25) is 17.8 Å². The zero-order chi connectivity index (χ0) is 28.6. The van der Waals surface area contributed by atoms with E-state index in [9.17, 15) is 4.39 Å². The third kappa shape index (κ3) is 7.53. The summed E-state index contributed by atoms with van der Waals surface area (Å²) in [6.07, 6.45) is 4.89. The number of benzene rings is 3. The van der Waals surface area contributed by atoms with E-state index in [0.29, 0.717) is 44.7 Å². The van der Waals surface area contributed by atoms with Gasteiger partial charge in [-0.15, -0.1) is 0 Å². The predicted molar refractivity (Wildman–Crippen MR) is 161 cm³/mol. The number of ether oxygens (including phenoxy) is 2. The Morgan fingerprint density at radius 1 is 0.976 bits per heavy atom. The van der Waals surface area contributed by atoms with Crippen LogP contribution in [0.25, 0.3) is 0 Å². The molecule has 12 heteroatoms. The smallest absolute Gasteiger partial charge is 0.250 e. The molecule has 1 aliphatic heterocycles. The molecule has 41 heavy (non-hydrogen) atoms. The lowest BCUT2D eigenvalue weighted by molar-refractivity contribution is 0.284. The molecule has 3 aromatic carbocycles. The maximum Gasteiger partial charge on any atom is 0.250 e. The van der Waals surface area contributed by atoms with Gasteiger partial charge in [0, 0.05) is 39.9 Å². The van der Waals surface area contributed by atoms with Gasteiger partial charge in [0.1, 0.15) is 12.4 Å². The lowest BCUT2D eigenvalue weighted by atomic mass is 10.1. The number of anilines is 4. The normalized spacial score (nSPS) is 13.3. The standard InChI is InChI=1S/C29H28Cl2FN7O2/c1-40-25-7-5-6-19(26(25)41-18-20-8-9-21(30)16-24(20)31)17-33-38-28-35-27(34-23-12-10-22(32)11-13-23)36-29(37-28)39-14-3-2-4-15-39/h5-13,16-17H,2-4,14-15,18H2,1H3,(H2,34,35,36,37,38)/b33-17-. The molecule has 2 N–H and O–H groups in total. The Labute approximate surface area is 247 Å². The highest BCUT2D eigenvalue weighted by atomic mass is 35.5. The van der Waals surface area contributed by atoms with Crippen molar-refractivity contribution in [1.29, 1.82) is 0 Å². The van der Waals surface area contributed by atoms with E-state index in [1.807, 2.05) is 18.2 Å². The van der Waals surface area contributed by atoms with E-state index in [0.717, 1.165) is 31.5 Å². The molecule has 0 radical (unpaired) electrons. The van der Waals surface area contributed by atoms with Crippen LogP contribution in [0.15, 0.2) is 65.8 Å². The van der Waals surface area contributed by atoms with Crippen LogP contribution in [0.3, 0.4) is 0 Å². The Bertz CT molecular complexity index is 1520. The number of halogens is 3. The van der Waals surface area contributed by atoms with Gasteiger partial charge in [0.25, 0.3) is 0 Å². The minimum atomic E-state index is -0.325. The second-order valence-corrected chi connectivity index (χ2v) is 10.1. The second-order valence-electron chi connectivity index (χ2n) is 9.24. The average Bonchev–Trinajstić information content (AvgIpc) is 2.98. The van der Waals surface area contributed by atoms with Gasteiger partial charge >= 0.3 is 0 Å². The lowest BCUT2D eigenvalue weighted by Crippen LogP contribution is -2.31. The largest absolute Gasteiger partial charge is 0.493 e. The Balaban J connectivity index is 1.37. The van der Waals surface area contributed by atoms with Crippen molar-refractivity contribution in [3.05, 3.63) is 87.7 Å². The topological polar surface area (TPSA) is 96.8 Å². The molecule has 0 spiro atoms. The predicted octanol–water partition coefficient (Wildman–Crippen LogP) is 7.09. The molecular weight excluding hydrogens is 568 g/mol. The Morgan fingerprint density at radius 2 is 1.76 bits per heavy atom. The molecule has 1 fully saturated rings. The molecule has 5 rings (SSSR count). The van der Waals surface area contributed by atoms with Crippen molar-refractivity contribution in [1.82, 2.24) is 15.0 Å². The maximum absolute atomic E-state index is 13.4. The van der Waals surface area contributed by atoms with E-state index >= 15 is 0 Å². The molecule has 0 amide bonds. The van der Waals surface area contributed by atoms with Gasteiger partial charge in [-0.3, -0.25) is 0 Å². The fourth-order valence-electron chi connectivity index (χ4n) is 4.27. The lowest BCUT2D eigenvalue weighted by Gasteiger charge is -2.26. The summed E-state index contributed by atoms with van der Waals surface area (Å²) in [5.41, 5.74) is 5.00. The summed E-state index contributed by atoms with van der Waals surface area (Å²) < 4.78 is 25.0. The number of rotatable bonds is 10. The van der Waals surface area contributed by atoms with E-state index in [1.165, 1.54) is 18.6 Å². The van der Waals surface area contributed by atoms with Crippen LogP contribution in [0.1, 0.15) is 30.4 Å². The molecule has 0 bridgehead atoms. The number of aromatic nitrogens is 3. The molecule has 0 saturated carbocycles. The second kappa shape index (κ2) is 13.5. The molecular formula is C29H28Cl2FN7O2. The van der Waals surface area contributed by atoms with Crippen LogP contribution in [-0.2, 0) is 6.61 Å². The number of nitrogens with zero attached hydrogens (tertiary/aromatic N) is 5. The van der Waals surface area contributed by atoms with Crippen LogP contribution >= 0.6 is 23.2 Å². The molecule has 9 nitrogen and oxygen atoms in total. The van der Waals surface area contributed by atoms with Crippen LogP contribution in [0.2, 0.25) is 10.0 Å². The summed E-state index contributed by atoms with van der Waals surface area (Å²) in [4.78, 5) is 15.8. The molecule has 0 atom stereocenters. The van der Waals surface area contributed by atoms with Gasteiger partial charge in [0.05, 0.1) is 13.3 Å². The Morgan fingerprint density at radius 3 is 2.51 bits per heavy atom. The fraction of sp³-hybridized carbons (Fsp3) is 0.241. The summed E-state index contributed by atoms with van der Waals surface area (Å²) >= 11 is 12.3. The number of hydrogen-bond donors (Lipinski definition) is 2. The van der Waals surface area contributed by atoms with Crippen LogP contribution in [0, 0.1) is 5.82 Å². The third-order valence-corrected chi connectivity index (χ3v) is 6.93. The van der Waals surface area contributed by atoms with Crippen molar-refractivity contribution in [2.75, 3.05) is 35.8 Å². The minimum Gasteiger partial charge on any atom is -0.493 e. The van der Waals surface area contributed by atoms with Gasteiger partial charge < -0.3 is 19.7 Å². The van der Waals surface area contributed by atoms with E-state index < -0.39 is 0 Å². The Hall–Kier alpha value is -4.15. The quantitative estimate of drug-likeness (QED) is 0.148. The number of hydrogen-bond acceptors (Lipinski definition) is 9. The van der Waals surface area contributed by atoms with Crippen LogP contribution in [-0.4, -0.2) is 41.4 Å². The zero-order valence-corrected chi connectivity index (χ0v) is 23.8. The molecule has 212 valence electrons. The highest BCUT2D eigenvalue weighted by Gasteiger charge is 2.17. The number of methoxy groups -OCH3 is 1. The van der Waals surface area contributed by atoms with Crippen molar-refractivity contribution >= 4 is 52.9 Å². The van der Waals surface area contributed by atoms with Crippen molar-refractivity contribution < 1.29 is 13.9 Å². The summed E-state index contributed by atoms with van der Waals surface area (Å²) in [6.45, 7) is 1.91. The number of hydrazone groups is 1. The Kier molecular flexibility index (Phi) is 9.33. The van der Waals surface area contributed by atoms with Gasteiger partial charge in [-0.05, 0) is 67.8 Å². The van der Waals surface area contributed by atoms with Gasteiger partial charge in [-0.2, -0.15) is 20.1 Å². The summed E-state index contributed by atoms with van der Waals surface area (Å²) in [7, 11) is 1.57. The highest BCUT2D eigenvalue weighted by Crippen LogP contribution is 2.32. The SMILES string of the molecule is COc1cccc(/C=N\Nc2nc(Nc3ccc(F)cc3)nc(N3CCCCC3)n2)c1OCc1ccc(Cl)cc1Cl. The van der Waals surface area contributed by atoms with Crippen molar-refractivity contribution in [2.24, 2.45) is 5.10 Å². The van der Waals surface area contributed by atoms with Gasteiger partial charge in [-0.25, -0.2) is 9.82 Å². The minimum absolute atomic E-state index is 0.204. The van der Waals surface area contributed by atoms with Gasteiger partial charge in [-0.1, -0.05) is 35.3 Å². The van der Waals surface area contributed by atoms with Gasteiger partial charge in [0.15, 0.2) is 11.5 Å². The van der Waals surface area contributed by atoms with Crippen LogP contribution < -0.4 is 25.1 Å². The van der Waals surface area contributed by atoms with E-state index in [2.05, 4.69) is 35.7 Å². The van der Waals surface area contributed by atoms with Crippen LogP contribution in [0.4, 0.5) is 27.9 Å². The van der Waals surface area contributed by atoms with E-state index in [-0.39, 0.29) is 18.4 Å². The maximum atomic E-state index is 13.4. The van der Waals surface area contributed by atoms with Crippen molar-refractivity contribution in [3.63, 3.8) is 0 Å². The third-order valence-electron chi connectivity index (χ3n) is 6.35. The first-order valence-electron chi connectivity index (χ1n) is 13.0. The molecule has 1 saturated heterocycles. The molecule has 0 aliphatic carbocycles. The molecule has 0 unspecified atom stereocenters. The fourth-order valence-corrected chi connectivity index (χ4v) is 4.73. The first kappa shape index (κ1) is 28.4.